The maximum atomic E-state index is 4.26. The molecule has 1 N–H and O–H groups in total. The third-order valence-corrected chi connectivity index (χ3v) is 1.76. The number of hydrogen-bond donors (Lipinski definition) is 1. The molecule has 0 atom stereocenters. The lowest BCUT2D eigenvalue weighted by Crippen LogP contribution is -2.03. The molecule has 0 saturated carbocycles. The molecule has 17 heavy (non-hydrogen) atoms. The van der Waals surface area contributed by atoms with Gasteiger partial charge in [-0.2, -0.15) is 0 Å². The first-order chi connectivity index (χ1) is 8.15. The summed E-state index contributed by atoms with van der Waals surface area (Å²) in [5.41, 5.74) is 2.70. The minimum atomic E-state index is 0.584. The Morgan fingerprint density at radius 2 is 1.71 bits per heavy atom. The molecule has 0 aliphatic carbocycles. The summed E-state index contributed by atoms with van der Waals surface area (Å²) < 4.78 is 0. The van der Waals surface area contributed by atoms with Crippen molar-refractivity contribution in [3.05, 3.63) is 54.5 Å². The predicted octanol–water partition coefficient (Wildman–Crippen LogP) is 3.79. The summed E-state index contributed by atoms with van der Waals surface area (Å²) in [7, 11) is 0. The summed E-state index contributed by atoms with van der Waals surface area (Å²) in [5, 5.41) is 3.06. The van der Waals surface area contributed by atoms with Crippen LogP contribution in [0.15, 0.2) is 43.1 Å². The van der Waals surface area contributed by atoms with Gasteiger partial charge in [-0.3, -0.25) is 0 Å². The molecule has 1 aromatic heterocycles. The smallest absolute Gasteiger partial charge is 0.227 e. The molecule has 0 spiro atoms. The third-order valence-electron chi connectivity index (χ3n) is 1.76. The summed E-state index contributed by atoms with van der Waals surface area (Å²) in [6.07, 6.45) is 5.20. The van der Waals surface area contributed by atoms with Gasteiger partial charge in [-0.1, -0.05) is 33.1 Å². The fourth-order valence-electron chi connectivity index (χ4n) is 1.20. The second kappa shape index (κ2) is 8.28. The van der Waals surface area contributed by atoms with E-state index in [-0.39, 0.29) is 0 Å². The van der Waals surface area contributed by atoms with Crippen molar-refractivity contribution in [2.75, 3.05) is 5.32 Å². The molecule has 0 aliphatic heterocycles. The number of rotatable bonds is 4. The van der Waals surface area contributed by atoms with Crippen molar-refractivity contribution in [3.63, 3.8) is 0 Å². The van der Waals surface area contributed by atoms with Gasteiger partial charge in [0.1, 0.15) is 0 Å². The van der Waals surface area contributed by atoms with Crippen LogP contribution in [0.25, 0.3) is 0 Å². The Kier molecular flexibility index (Phi) is 7.35. The Morgan fingerprint density at radius 3 is 2.12 bits per heavy atom. The van der Waals surface area contributed by atoms with E-state index >= 15 is 0 Å². The quantitative estimate of drug-likeness (QED) is 0.801. The monoisotopic (exact) mass is 231 g/mol. The van der Waals surface area contributed by atoms with E-state index in [0.717, 1.165) is 17.1 Å². The Hall–Kier alpha value is -1.90. The third kappa shape index (κ3) is 5.66. The van der Waals surface area contributed by atoms with Gasteiger partial charge in [0, 0.05) is 17.1 Å². The molecule has 0 aromatic carbocycles. The summed E-state index contributed by atoms with van der Waals surface area (Å²) in [4.78, 5) is 8.52. The largest absolute Gasteiger partial charge is 0.324 e. The zero-order valence-corrected chi connectivity index (χ0v) is 11.1. The number of aryl methyl sites for hydroxylation is 2. The van der Waals surface area contributed by atoms with Crippen LogP contribution in [-0.4, -0.2) is 9.97 Å². The van der Waals surface area contributed by atoms with Gasteiger partial charge in [0.25, 0.3) is 0 Å². The molecule has 0 unspecified atom stereocenters. The van der Waals surface area contributed by atoms with Crippen molar-refractivity contribution < 1.29 is 0 Å². The zero-order valence-electron chi connectivity index (χ0n) is 11.1. The van der Waals surface area contributed by atoms with E-state index in [0.29, 0.717) is 5.95 Å². The van der Waals surface area contributed by atoms with Gasteiger partial charge in [0.05, 0.1) is 0 Å². The van der Waals surface area contributed by atoms with Crippen molar-refractivity contribution >= 4 is 5.95 Å². The van der Waals surface area contributed by atoms with E-state index in [1.54, 1.807) is 12.2 Å². The highest BCUT2D eigenvalue weighted by Gasteiger charge is 1.99. The highest BCUT2D eigenvalue weighted by molar-refractivity contribution is 5.41. The number of nitrogens with zero attached hydrogens (tertiary/aromatic N) is 2. The minimum absolute atomic E-state index is 0.584. The molecule has 0 amide bonds. The Bertz CT molecular complexity index is 386. The molecule has 0 aliphatic rings. The van der Waals surface area contributed by atoms with E-state index in [9.17, 15) is 0 Å². The standard InChI is InChI=1S/C12H15N3.C2H6/c1-5-7-11(6-2)15-12-13-9(3)8-10(4)14-12;1-2/h5-8H,1-2H2,3-4H3,(H,13,14,15);1-2H3/b11-7+;. The van der Waals surface area contributed by atoms with Crippen LogP contribution in [0.4, 0.5) is 5.95 Å². The van der Waals surface area contributed by atoms with Crippen molar-refractivity contribution in [2.45, 2.75) is 27.7 Å². The van der Waals surface area contributed by atoms with Gasteiger partial charge in [-0.15, -0.1) is 0 Å². The van der Waals surface area contributed by atoms with E-state index < -0.39 is 0 Å². The Balaban J connectivity index is 0.00000121. The van der Waals surface area contributed by atoms with Crippen molar-refractivity contribution in [1.29, 1.82) is 0 Å². The van der Waals surface area contributed by atoms with E-state index in [4.69, 9.17) is 0 Å². The molecule has 1 aromatic rings. The van der Waals surface area contributed by atoms with Gasteiger partial charge >= 0.3 is 0 Å². The number of aromatic nitrogens is 2. The Morgan fingerprint density at radius 1 is 1.18 bits per heavy atom. The average molecular weight is 231 g/mol. The first-order valence-electron chi connectivity index (χ1n) is 5.70. The van der Waals surface area contributed by atoms with Crippen LogP contribution >= 0.6 is 0 Å². The molecule has 0 bridgehead atoms. The average Bonchev–Trinajstić information content (AvgIpc) is 2.30. The van der Waals surface area contributed by atoms with Crippen LogP contribution < -0.4 is 5.32 Å². The second-order valence-corrected chi connectivity index (χ2v) is 3.16. The van der Waals surface area contributed by atoms with E-state index in [1.807, 2.05) is 39.8 Å². The fourth-order valence-corrected chi connectivity index (χ4v) is 1.20. The maximum Gasteiger partial charge on any atom is 0.227 e. The lowest BCUT2D eigenvalue weighted by atomic mass is 10.3. The summed E-state index contributed by atoms with van der Waals surface area (Å²) in [5.74, 6) is 0.584. The van der Waals surface area contributed by atoms with Crippen LogP contribution in [0.2, 0.25) is 0 Å². The van der Waals surface area contributed by atoms with Crippen molar-refractivity contribution in [1.82, 2.24) is 9.97 Å². The fraction of sp³-hybridized carbons (Fsp3) is 0.286. The van der Waals surface area contributed by atoms with Crippen LogP contribution in [0.5, 0.6) is 0 Å². The normalized spacial score (nSPS) is 10.0. The SMILES string of the molecule is C=C/C=C(\C=C)Nc1nc(C)cc(C)n1.CC. The molecule has 92 valence electrons. The zero-order chi connectivity index (χ0) is 13.3. The number of anilines is 1. The first kappa shape index (κ1) is 15.1. The number of allylic oxidation sites excluding steroid dienone is 3. The molecule has 0 saturated heterocycles. The highest BCUT2D eigenvalue weighted by atomic mass is 15.1. The maximum absolute atomic E-state index is 4.26. The topological polar surface area (TPSA) is 37.8 Å². The molecular weight excluding hydrogens is 210 g/mol. The molecular formula is C14H21N3. The summed E-state index contributed by atoms with van der Waals surface area (Å²) in [6, 6.07) is 1.93. The first-order valence-corrected chi connectivity index (χ1v) is 5.70. The molecule has 3 nitrogen and oxygen atoms in total. The van der Waals surface area contributed by atoms with Gasteiger partial charge in [0.2, 0.25) is 5.95 Å². The molecule has 0 fully saturated rings. The van der Waals surface area contributed by atoms with Crippen LogP contribution in [0.1, 0.15) is 25.2 Å². The Labute approximate surface area is 104 Å². The predicted molar refractivity (Wildman–Crippen MR) is 75.0 cm³/mol. The van der Waals surface area contributed by atoms with E-state index in [2.05, 4.69) is 28.4 Å². The lowest BCUT2D eigenvalue weighted by Gasteiger charge is -2.06. The van der Waals surface area contributed by atoms with Crippen LogP contribution in [0, 0.1) is 13.8 Å². The highest BCUT2D eigenvalue weighted by Crippen LogP contribution is 2.07. The molecule has 1 heterocycles. The van der Waals surface area contributed by atoms with Gasteiger partial charge in [-0.05, 0) is 32.1 Å². The van der Waals surface area contributed by atoms with Gasteiger partial charge in [0.15, 0.2) is 0 Å². The summed E-state index contributed by atoms with van der Waals surface area (Å²) in [6.45, 7) is 15.2. The van der Waals surface area contributed by atoms with Crippen LogP contribution in [-0.2, 0) is 0 Å². The second-order valence-electron chi connectivity index (χ2n) is 3.16. The van der Waals surface area contributed by atoms with Gasteiger partial charge < -0.3 is 5.32 Å². The van der Waals surface area contributed by atoms with E-state index in [1.165, 1.54) is 0 Å². The molecule has 3 heteroatoms. The van der Waals surface area contributed by atoms with Crippen molar-refractivity contribution in [2.24, 2.45) is 0 Å². The minimum Gasteiger partial charge on any atom is -0.324 e. The lowest BCUT2D eigenvalue weighted by molar-refractivity contribution is 1.05. The number of nitrogens with one attached hydrogen (secondary N) is 1. The molecule has 0 radical (unpaired) electrons. The van der Waals surface area contributed by atoms with Gasteiger partial charge in [-0.25, -0.2) is 9.97 Å². The summed E-state index contributed by atoms with van der Waals surface area (Å²) >= 11 is 0. The molecule has 1 rings (SSSR count). The van der Waals surface area contributed by atoms with Crippen molar-refractivity contribution in [3.8, 4) is 0 Å². The van der Waals surface area contributed by atoms with Crippen LogP contribution in [0.3, 0.4) is 0 Å². The number of hydrogen-bond acceptors (Lipinski definition) is 3.